The van der Waals surface area contributed by atoms with Crippen molar-refractivity contribution in [2.45, 2.75) is 44.2 Å². The predicted molar refractivity (Wildman–Crippen MR) is 153 cm³/mol. The quantitative estimate of drug-likeness (QED) is 0.356. The van der Waals surface area contributed by atoms with Crippen LogP contribution in [-0.2, 0) is 26.2 Å². The minimum Gasteiger partial charge on any atom is -0.486 e. The maximum absolute atomic E-state index is 14.1. The van der Waals surface area contributed by atoms with Crippen molar-refractivity contribution in [3.63, 3.8) is 0 Å². The lowest BCUT2D eigenvalue weighted by Gasteiger charge is -2.33. The summed E-state index contributed by atoms with van der Waals surface area (Å²) in [5.41, 5.74) is 1.08. The molecule has 1 aliphatic rings. The maximum Gasteiger partial charge on any atom is 0.264 e. The third-order valence-corrected chi connectivity index (χ3v) is 8.34. The number of carbonyl (C=O) groups excluding carboxylic acids is 2. The monoisotopic (exact) mass is 565 g/mol. The van der Waals surface area contributed by atoms with E-state index in [0.29, 0.717) is 37.7 Å². The van der Waals surface area contributed by atoms with E-state index in [1.54, 1.807) is 36.4 Å². The zero-order chi connectivity index (χ0) is 28.5. The van der Waals surface area contributed by atoms with Crippen molar-refractivity contribution >= 4 is 27.5 Å². The van der Waals surface area contributed by atoms with Gasteiger partial charge in [-0.3, -0.25) is 13.9 Å². The van der Waals surface area contributed by atoms with Crippen molar-refractivity contribution in [2.75, 3.05) is 30.6 Å². The molecule has 212 valence electrons. The Bertz CT molecular complexity index is 1400. The van der Waals surface area contributed by atoms with Crippen LogP contribution in [-0.4, -0.2) is 57.5 Å². The third kappa shape index (κ3) is 6.74. The first-order chi connectivity index (χ1) is 19.3. The zero-order valence-electron chi connectivity index (χ0n) is 22.8. The van der Waals surface area contributed by atoms with Gasteiger partial charge >= 0.3 is 0 Å². The lowest BCUT2D eigenvalue weighted by Crippen LogP contribution is -2.52. The number of nitrogens with zero attached hydrogens (tertiary/aromatic N) is 2. The first kappa shape index (κ1) is 28.9. The number of fused-ring (bicyclic) bond motifs is 1. The Morgan fingerprint density at radius 1 is 0.900 bits per heavy atom. The molecule has 1 aliphatic heterocycles. The number of hydrogen-bond donors (Lipinski definition) is 1. The highest BCUT2D eigenvalue weighted by atomic mass is 32.2. The van der Waals surface area contributed by atoms with Gasteiger partial charge in [0.2, 0.25) is 11.8 Å². The summed E-state index contributed by atoms with van der Waals surface area (Å²) in [6.45, 7) is 4.63. The molecule has 1 heterocycles. The van der Waals surface area contributed by atoms with Crippen LogP contribution in [0.4, 0.5) is 5.69 Å². The summed E-state index contributed by atoms with van der Waals surface area (Å²) in [4.78, 5) is 28.7. The summed E-state index contributed by atoms with van der Waals surface area (Å²) in [5.74, 6) is 0.126. The minimum absolute atomic E-state index is 0.0417. The van der Waals surface area contributed by atoms with Gasteiger partial charge in [-0.05, 0) is 42.7 Å². The highest BCUT2D eigenvalue weighted by Crippen LogP contribution is 2.36. The summed E-state index contributed by atoms with van der Waals surface area (Å²) in [6.07, 6.45) is 1.12. The Morgan fingerprint density at radius 3 is 2.20 bits per heavy atom. The van der Waals surface area contributed by atoms with E-state index in [1.165, 1.54) is 17.0 Å². The molecule has 0 spiro atoms. The van der Waals surface area contributed by atoms with E-state index < -0.39 is 28.5 Å². The molecule has 1 N–H and O–H groups in total. The number of anilines is 1. The van der Waals surface area contributed by atoms with Crippen molar-refractivity contribution in [2.24, 2.45) is 0 Å². The maximum atomic E-state index is 14.1. The average Bonchev–Trinajstić information content (AvgIpc) is 2.99. The van der Waals surface area contributed by atoms with E-state index in [9.17, 15) is 18.0 Å². The van der Waals surface area contributed by atoms with Crippen LogP contribution in [0.15, 0.2) is 83.8 Å². The Kier molecular flexibility index (Phi) is 9.65. The van der Waals surface area contributed by atoms with Gasteiger partial charge < -0.3 is 19.7 Å². The number of sulfonamides is 1. The lowest BCUT2D eigenvalue weighted by atomic mass is 10.1. The zero-order valence-corrected chi connectivity index (χ0v) is 23.6. The fourth-order valence-electron chi connectivity index (χ4n) is 4.50. The largest absolute Gasteiger partial charge is 0.486 e. The molecule has 2 amide bonds. The molecule has 10 heteroatoms. The fourth-order valence-corrected chi connectivity index (χ4v) is 5.93. The molecule has 0 saturated carbocycles. The van der Waals surface area contributed by atoms with Crippen LogP contribution >= 0.6 is 0 Å². The summed E-state index contributed by atoms with van der Waals surface area (Å²) in [6, 6.07) is 21.3. The number of amides is 2. The Labute approximate surface area is 235 Å². The molecule has 40 heavy (non-hydrogen) atoms. The van der Waals surface area contributed by atoms with E-state index in [-0.39, 0.29) is 23.0 Å². The molecule has 0 bridgehead atoms. The molecule has 0 unspecified atom stereocenters. The van der Waals surface area contributed by atoms with E-state index in [4.69, 9.17) is 9.47 Å². The number of benzene rings is 3. The number of carbonyl (C=O) groups is 2. The van der Waals surface area contributed by atoms with Crippen LogP contribution in [0, 0.1) is 0 Å². The number of ether oxygens (including phenoxy) is 2. The fraction of sp³-hybridized carbons (Fsp3) is 0.333. The lowest BCUT2D eigenvalue weighted by molar-refractivity contribution is -0.140. The third-order valence-electron chi connectivity index (χ3n) is 6.55. The number of hydrogen-bond acceptors (Lipinski definition) is 6. The highest BCUT2D eigenvalue weighted by molar-refractivity contribution is 7.92. The number of nitrogens with one attached hydrogen (secondary N) is 1. The average molecular weight is 566 g/mol. The van der Waals surface area contributed by atoms with Crippen molar-refractivity contribution in [1.29, 1.82) is 0 Å². The smallest absolute Gasteiger partial charge is 0.264 e. The van der Waals surface area contributed by atoms with Gasteiger partial charge in [-0.1, -0.05) is 62.4 Å². The molecule has 0 radical (unpaired) electrons. The second-order valence-corrected chi connectivity index (χ2v) is 11.2. The van der Waals surface area contributed by atoms with E-state index in [2.05, 4.69) is 5.32 Å². The SMILES string of the molecule is CCCNC(=O)[C@@H](CC)N(Cc1ccccc1)C(=O)CN(c1ccc2c(c1)OCCO2)S(=O)(=O)c1ccccc1. The van der Waals surface area contributed by atoms with Gasteiger partial charge in [-0.2, -0.15) is 0 Å². The molecular formula is C30H35N3O6S. The Hall–Kier alpha value is -4.05. The molecule has 4 rings (SSSR count). The van der Waals surface area contributed by atoms with Crippen LogP contribution in [0.1, 0.15) is 32.3 Å². The van der Waals surface area contributed by atoms with E-state index in [0.717, 1.165) is 16.3 Å². The Balaban J connectivity index is 1.73. The topological polar surface area (TPSA) is 105 Å². The first-order valence-electron chi connectivity index (χ1n) is 13.4. The van der Waals surface area contributed by atoms with Crippen LogP contribution in [0.2, 0.25) is 0 Å². The van der Waals surface area contributed by atoms with Crippen LogP contribution in [0.25, 0.3) is 0 Å². The van der Waals surface area contributed by atoms with E-state index >= 15 is 0 Å². The Morgan fingerprint density at radius 2 is 1.55 bits per heavy atom. The molecule has 0 aliphatic carbocycles. The van der Waals surface area contributed by atoms with E-state index in [1.807, 2.05) is 44.2 Å². The molecule has 9 nitrogen and oxygen atoms in total. The van der Waals surface area contributed by atoms with Crippen molar-refractivity contribution < 1.29 is 27.5 Å². The minimum atomic E-state index is -4.16. The molecular weight excluding hydrogens is 530 g/mol. The van der Waals surface area contributed by atoms with Crippen LogP contribution in [0.5, 0.6) is 11.5 Å². The van der Waals surface area contributed by atoms with Gasteiger partial charge in [0, 0.05) is 19.2 Å². The van der Waals surface area contributed by atoms with Crippen molar-refractivity contribution in [3.8, 4) is 11.5 Å². The standard InChI is InChI=1S/C30H35N3O6S/c1-3-17-31-30(35)26(4-2)32(21-23-11-7-5-8-12-23)29(34)22-33(40(36,37)25-13-9-6-10-14-25)24-15-16-27-28(20-24)39-19-18-38-27/h5-16,20,26H,3-4,17-19,21-22H2,1-2H3,(H,31,35)/t26-/m1/s1. The summed E-state index contributed by atoms with van der Waals surface area (Å²) < 4.78 is 40.2. The molecule has 0 aromatic heterocycles. The molecule has 3 aromatic rings. The second-order valence-electron chi connectivity index (χ2n) is 9.38. The van der Waals surface area contributed by atoms with Crippen molar-refractivity contribution in [1.82, 2.24) is 10.2 Å². The van der Waals surface area contributed by atoms with Gasteiger partial charge in [0.25, 0.3) is 10.0 Å². The summed E-state index contributed by atoms with van der Waals surface area (Å²) in [5, 5.41) is 2.88. The van der Waals surface area contributed by atoms with Gasteiger partial charge in [-0.25, -0.2) is 8.42 Å². The summed E-state index contributed by atoms with van der Waals surface area (Å²) >= 11 is 0. The van der Waals surface area contributed by atoms with Crippen LogP contribution in [0.3, 0.4) is 0 Å². The molecule has 1 atom stereocenters. The van der Waals surface area contributed by atoms with Gasteiger partial charge in [0.1, 0.15) is 25.8 Å². The normalized spacial score (nSPS) is 13.2. The second kappa shape index (κ2) is 13.3. The van der Waals surface area contributed by atoms with Crippen molar-refractivity contribution in [3.05, 3.63) is 84.4 Å². The first-order valence-corrected chi connectivity index (χ1v) is 14.9. The van der Waals surface area contributed by atoms with Gasteiger partial charge in [-0.15, -0.1) is 0 Å². The van der Waals surface area contributed by atoms with Gasteiger partial charge in [0.05, 0.1) is 10.6 Å². The molecule has 0 saturated heterocycles. The molecule has 0 fully saturated rings. The highest BCUT2D eigenvalue weighted by Gasteiger charge is 2.34. The van der Waals surface area contributed by atoms with Crippen LogP contribution < -0.4 is 19.1 Å². The predicted octanol–water partition coefficient (Wildman–Crippen LogP) is 3.99. The van der Waals surface area contributed by atoms with Gasteiger partial charge in [0.15, 0.2) is 11.5 Å². The molecule has 3 aromatic carbocycles. The summed E-state index contributed by atoms with van der Waals surface area (Å²) in [7, 11) is -4.16. The number of rotatable bonds is 12.